The molecule has 0 radical (unpaired) electrons. The standard InChI is InChI=1S/C23H26F2N8O/c1-13-27-17-3-2-16(29-21(17)32(13)12-18(24)25)15-6-10-33-19(15)20(26)30-22(31-33)28-14-4-7-23(8-5-14)9-11-34-23/h2-3,6,10,14,18H,4-5,7-9,11-12H2,1H3,(H3,26,28,30,31). The Balaban J connectivity index is 1.29. The van der Waals surface area contributed by atoms with Gasteiger partial charge in [0.05, 0.1) is 24.4 Å². The van der Waals surface area contributed by atoms with Crippen LogP contribution >= 0.6 is 0 Å². The molecule has 4 aromatic rings. The van der Waals surface area contributed by atoms with Crippen molar-refractivity contribution in [3.8, 4) is 11.3 Å². The fraction of sp³-hybridized carbons (Fsp3) is 0.478. The minimum Gasteiger partial charge on any atom is -0.382 e. The molecule has 0 bridgehead atoms. The zero-order valence-electron chi connectivity index (χ0n) is 18.8. The van der Waals surface area contributed by atoms with Gasteiger partial charge in [0, 0.05) is 17.8 Å². The van der Waals surface area contributed by atoms with E-state index in [9.17, 15) is 8.78 Å². The van der Waals surface area contributed by atoms with Crippen LogP contribution in [0.3, 0.4) is 0 Å². The van der Waals surface area contributed by atoms with Crippen LogP contribution in [-0.2, 0) is 11.3 Å². The lowest BCUT2D eigenvalue weighted by atomic mass is 9.77. The molecule has 11 heteroatoms. The van der Waals surface area contributed by atoms with Crippen LogP contribution in [0.2, 0.25) is 0 Å². The van der Waals surface area contributed by atoms with Crippen molar-refractivity contribution in [2.75, 3.05) is 17.7 Å². The lowest BCUT2D eigenvalue weighted by Crippen LogP contribution is -2.48. The smallest absolute Gasteiger partial charge is 0.256 e. The fourth-order valence-corrected chi connectivity index (χ4v) is 5.20. The number of alkyl halides is 2. The molecule has 1 aliphatic heterocycles. The lowest BCUT2D eigenvalue weighted by Gasteiger charge is -2.46. The topological polar surface area (TPSA) is 108 Å². The van der Waals surface area contributed by atoms with Crippen molar-refractivity contribution in [3.63, 3.8) is 0 Å². The first-order valence-corrected chi connectivity index (χ1v) is 11.6. The number of nitrogens with two attached hydrogens (primary N) is 1. The molecule has 0 amide bonds. The molecule has 2 fully saturated rings. The van der Waals surface area contributed by atoms with E-state index >= 15 is 0 Å². The van der Waals surface area contributed by atoms with E-state index in [1.165, 1.54) is 4.57 Å². The van der Waals surface area contributed by atoms with Crippen LogP contribution in [0, 0.1) is 6.92 Å². The number of imidazole rings is 1. The Morgan fingerprint density at radius 3 is 2.68 bits per heavy atom. The maximum atomic E-state index is 13.1. The number of anilines is 2. The molecule has 0 atom stereocenters. The summed E-state index contributed by atoms with van der Waals surface area (Å²) in [7, 11) is 0. The quantitative estimate of drug-likeness (QED) is 0.459. The van der Waals surface area contributed by atoms with E-state index in [2.05, 4.69) is 25.4 Å². The summed E-state index contributed by atoms with van der Waals surface area (Å²) in [4.78, 5) is 13.5. The molecular formula is C23H26F2N8O. The second-order valence-electron chi connectivity index (χ2n) is 9.24. The van der Waals surface area contributed by atoms with E-state index in [0.29, 0.717) is 40.0 Å². The molecule has 9 nitrogen and oxygen atoms in total. The van der Waals surface area contributed by atoms with Gasteiger partial charge in [-0.15, -0.1) is 5.10 Å². The SMILES string of the molecule is Cc1nc2ccc(-c3ccn4nc(NC5CCC6(CCO6)CC5)nc(N)c34)nc2n1CC(F)F. The fourth-order valence-electron chi connectivity index (χ4n) is 5.20. The Morgan fingerprint density at radius 1 is 1.18 bits per heavy atom. The van der Waals surface area contributed by atoms with Gasteiger partial charge in [-0.25, -0.2) is 23.3 Å². The number of hydrogen-bond acceptors (Lipinski definition) is 7. The van der Waals surface area contributed by atoms with Gasteiger partial charge in [0.15, 0.2) is 11.5 Å². The first kappa shape index (κ1) is 21.2. The van der Waals surface area contributed by atoms with Crippen LogP contribution in [0.1, 0.15) is 37.9 Å². The average molecular weight is 469 g/mol. The Kier molecular flexibility index (Phi) is 4.91. The lowest BCUT2D eigenvalue weighted by molar-refractivity contribution is -0.165. The molecule has 1 spiro atoms. The van der Waals surface area contributed by atoms with Gasteiger partial charge < -0.3 is 20.4 Å². The number of hydrogen-bond donors (Lipinski definition) is 2. The van der Waals surface area contributed by atoms with E-state index < -0.39 is 13.0 Å². The van der Waals surface area contributed by atoms with Gasteiger partial charge in [-0.1, -0.05) is 0 Å². The molecule has 0 aromatic carbocycles. The Bertz CT molecular complexity index is 1370. The predicted octanol–water partition coefficient (Wildman–Crippen LogP) is 3.81. The van der Waals surface area contributed by atoms with Crippen molar-refractivity contribution in [2.45, 2.75) is 63.6 Å². The van der Waals surface area contributed by atoms with Crippen LogP contribution in [0.25, 0.3) is 27.9 Å². The first-order chi connectivity index (χ1) is 16.4. The molecule has 34 heavy (non-hydrogen) atoms. The molecule has 1 aliphatic carbocycles. The highest BCUT2D eigenvalue weighted by Crippen LogP contribution is 2.41. The predicted molar refractivity (Wildman–Crippen MR) is 124 cm³/mol. The summed E-state index contributed by atoms with van der Waals surface area (Å²) in [5.41, 5.74) is 9.40. The third-order valence-corrected chi connectivity index (χ3v) is 7.11. The molecule has 5 heterocycles. The van der Waals surface area contributed by atoms with Crippen molar-refractivity contribution >= 4 is 28.4 Å². The normalized spacial score (nSPS) is 22.6. The number of aromatic nitrogens is 6. The largest absolute Gasteiger partial charge is 0.382 e. The number of pyridine rings is 1. The van der Waals surface area contributed by atoms with Crippen LogP contribution in [0.4, 0.5) is 20.5 Å². The minimum absolute atomic E-state index is 0.106. The third kappa shape index (κ3) is 3.54. The van der Waals surface area contributed by atoms with Crippen molar-refractivity contribution in [3.05, 3.63) is 30.2 Å². The number of fused-ring (bicyclic) bond motifs is 2. The van der Waals surface area contributed by atoms with E-state index in [-0.39, 0.29) is 11.6 Å². The Hall–Kier alpha value is -3.34. The summed E-state index contributed by atoms with van der Waals surface area (Å²) >= 11 is 0. The molecule has 0 unspecified atom stereocenters. The first-order valence-electron chi connectivity index (χ1n) is 11.6. The van der Waals surface area contributed by atoms with Gasteiger partial charge >= 0.3 is 0 Å². The minimum atomic E-state index is -2.50. The third-order valence-electron chi connectivity index (χ3n) is 7.11. The summed E-state index contributed by atoms with van der Waals surface area (Å²) in [5, 5.41) is 8.03. The Morgan fingerprint density at radius 2 is 1.97 bits per heavy atom. The highest BCUT2D eigenvalue weighted by Gasteiger charge is 2.41. The van der Waals surface area contributed by atoms with Crippen molar-refractivity contribution in [1.82, 2.24) is 29.1 Å². The number of nitrogens with one attached hydrogen (secondary N) is 1. The maximum absolute atomic E-state index is 13.1. The van der Waals surface area contributed by atoms with Crippen LogP contribution < -0.4 is 11.1 Å². The molecule has 1 saturated carbocycles. The number of halogens is 2. The molecule has 2 aliphatic rings. The summed E-state index contributed by atoms with van der Waals surface area (Å²) in [6, 6.07) is 5.73. The summed E-state index contributed by atoms with van der Waals surface area (Å²) in [5.74, 6) is 1.31. The summed E-state index contributed by atoms with van der Waals surface area (Å²) in [6.07, 6.45) is 4.57. The maximum Gasteiger partial charge on any atom is 0.256 e. The van der Waals surface area contributed by atoms with E-state index in [0.717, 1.165) is 44.3 Å². The molecule has 1 saturated heterocycles. The van der Waals surface area contributed by atoms with Crippen LogP contribution in [0.5, 0.6) is 0 Å². The van der Waals surface area contributed by atoms with E-state index in [1.54, 1.807) is 23.7 Å². The molecule has 178 valence electrons. The number of aryl methyl sites for hydroxylation is 1. The molecular weight excluding hydrogens is 442 g/mol. The van der Waals surface area contributed by atoms with E-state index in [1.807, 2.05) is 12.1 Å². The van der Waals surface area contributed by atoms with Crippen LogP contribution in [-0.4, -0.2) is 53.8 Å². The molecule has 6 rings (SSSR count). The summed E-state index contributed by atoms with van der Waals surface area (Å²) < 4.78 is 35.1. The van der Waals surface area contributed by atoms with Gasteiger partial charge in [-0.2, -0.15) is 4.98 Å². The number of ether oxygens (including phenoxy) is 1. The highest BCUT2D eigenvalue weighted by atomic mass is 19.3. The molecule has 4 aromatic heterocycles. The van der Waals surface area contributed by atoms with Crippen molar-refractivity contribution < 1.29 is 13.5 Å². The second-order valence-corrected chi connectivity index (χ2v) is 9.24. The number of nitrogen functional groups attached to an aromatic ring is 1. The molecule has 3 N–H and O–H groups in total. The van der Waals surface area contributed by atoms with Crippen molar-refractivity contribution in [1.29, 1.82) is 0 Å². The monoisotopic (exact) mass is 468 g/mol. The zero-order valence-corrected chi connectivity index (χ0v) is 18.8. The second kappa shape index (κ2) is 7.86. The van der Waals surface area contributed by atoms with Crippen molar-refractivity contribution in [2.24, 2.45) is 0 Å². The van der Waals surface area contributed by atoms with Gasteiger partial charge in [0.1, 0.15) is 16.9 Å². The van der Waals surface area contributed by atoms with Crippen LogP contribution in [0.15, 0.2) is 24.4 Å². The van der Waals surface area contributed by atoms with Gasteiger partial charge in [0.2, 0.25) is 5.95 Å². The number of rotatable bonds is 5. The number of nitrogens with zero attached hydrogens (tertiary/aromatic N) is 6. The summed E-state index contributed by atoms with van der Waals surface area (Å²) in [6.45, 7) is 2.12. The van der Waals surface area contributed by atoms with E-state index in [4.69, 9.17) is 10.5 Å². The Labute approximate surface area is 194 Å². The highest BCUT2D eigenvalue weighted by molar-refractivity contribution is 5.88. The van der Waals surface area contributed by atoms with Gasteiger partial charge in [-0.3, -0.25) is 0 Å². The van der Waals surface area contributed by atoms with Gasteiger partial charge in [-0.05, 0) is 57.2 Å². The van der Waals surface area contributed by atoms with Gasteiger partial charge in [0.25, 0.3) is 6.43 Å². The average Bonchev–Trinajstić information content (AvgIpc) is 3.34. The zero-order chi connectivity index (χ0) is 23.4.